The van der Waals surface area contributed by atoms with Crippen molar-refractivity contribution in [3.8, 4) is 6.07 Å². The summed E-state index contributed by atoms with van der Waals surface area (Å²) >= 11 is 0. The molecule has 0 aromatic heterocycles. The van der Waals surface area contributed by atoms with Crippen LogP contribution in [0.15, 0.2) is 24.3 Å². The second-order valence-corrected chi connectivity index (χ2v) is 4.13. The summed E-state index contributed by atoms with van der Waals surface area (Å²) in [6.07, 6.45) is 4.08. The molecule has 1 fully saturated rings. The third kappa shape index (κ3) is 2.66. The van der Waals surface area contributed by atoms with E-state index in [1.54, 1.807) is 0 Å². The molecule has 88 valence electrons. The van der Waals surface area contributed by atoms with Crippen molar-refractivity contribution in [1.29, 1.82) is 5.26 Å². The van der Waals surface area contributed by atoms with Crippen LogP contribution in [0.3, 0.4) is 0 Å². The number of allylic oxidation sites excluding steroid dienone is 1. The zero-order chi connectivity index (χ0) is 12.1. The quantitative estimate of drug-likeness (QED) is 0.840. The third-order valence-electron chi connectivity index (χ3n) is 2.96. The molecule has 3 heteroatoms. The van der Waals surface area contributed by atoms with Crippen LogP contribution in [0.25, 0.3) is 6.08 Å². The van der Waals surface area contributed by atoms with Crippen LogP contribution in [0.1, 0.15) is 18.1 Å². The number of benzene rings is 1. The van der Waals surface area contributed by atoms with Gasteiger partial charge in [0.25, 0.3) is 0 Å². The number of hydrogen-bond donors (Lipinski definition) is 1. The standard InChI is InChI=1S/C14H17N3/c1-2-3-12-4-5-13(11-15)14(10-12)17-8-6-16-7-9-17/h2-5,10,16H,6-9H2,1H3/b3-2+. The number of nitrogens with one attached hydrogen (secondary N) is 1. The van der Waals surface area contributed by atoms with Gasteiger partial charge in [0, 0.05) is 26.2 Å². The Morgan fingerprint density at radius 3 is 2.76 bits per heavy atom. The van der Waals surface area contributed by atoms with E-state index in [9.17, 15) is 0 Å². The first-order chi connectivity index (χ1) is 8.35. The molecule has 1 aliphatic rings. The first kappa shape index (κ1) is 11.7. The lowest BCUT2D eigenvalue weighted by atomic mass is 10.1. The first-order valence-corrected chi connectivity index (χ1v) is 5.97. The molecule has 1 heterocycles. The van der Waals surface area contributed by atoms with E-state index in [4.69, 9.17) is 5.26 Å². The smallest absolute Gasteiger partial charge is 0.101 e. The highest BCUT2D eigenvalue weighted by atomic mass is 15.2. The molecular formula is C14H17N3. The van der Waals surface area contributed by atoms with E-state index in [0.29, 0.717) is 0 Å². The topological polar surface area (TPSA) is 39.1 Å². The first-order valence-electron chi connectivity index (χ1n) is 5.97. The summed E-state index contributed by atoms with van der Waals surface area (Å²) in [7, 11) is 0. The number of nitriles is 1. The normalized spacial score (nSPS) is 16.1. The summed E-state index contributed by atoms with van der Waals surface area (Å²) in [6, 6.07) is 8.28. The highest BCUT2D eigenvalue weighted by Crippen LogP contribution is 2.23. The van der Waals surface area contributed by atoms with Gasteiger partial charge in [0.05, 0.1) is 11.3 Å². The summed E-state index contributed by atoms with van der Waals surface area (Å²) in [4.78, 5) is 2.28. The van der Waals surface area contributed by atoms with Crippen molar-refractivity contribution in [3.05, 3.63) is 35.4 Å². The van der Waals surface area contributed by atoms with E-state index in [1.165, 1.54) is 0 Å². The predicted molar refractivity (Wildman–Crippen MR) is 70.9 cm³/mol. The fraction of sp³-hybridized carbons (Fsp3) is 0.357. The van der Waals surface area contributed by atoms with Crippen molar-refractivity contribution in [3.63, 3.8) is 0 Å². The highest BCUT2D eigenvalue weighted by molar-refractivity contribution is 5.65. The summed E-state index contributed by atoms with van der Waals surface area (Å²) < 4.78 is 0. The molecule has 0 spiro atoms. The Hall–Kier alpha value is -1.79. The largest absolute Gasteiger partial charge is 0.368 e. The van der Waals surface area contributed by atoms with Gasteiger partial charge in [-0.15, -0.1) is 0 Å². The number of nitrogens with zero attached hydrogens (tertiary/aromatic N) is 2. The van der Waals surface area contributed by atoms with Crippen LogP contribution in [-0.4, -0.2) is 26.2 Å². The van der Waals surface area contributed by atoms with Crippen molar-refractivity contribution >= 4 is 11.8 Å². The van der Waals surface area contributed by atoms with Crippen molar-refractivity contribution in [1.82, 2.24) is 5.32 Å². The highest BCUT2D eigenvalue weighted by Gasteiger charge is 2.14. The number of piperazine rings is 1. The van der Waals surface area contributed by atoms with Crippen LogP contribution in [0.4, 0.5) is 5.69 Å². The maximum Gasteiger partial charge on any atom is 0.101 e. The Labute approximate surface area is 102 Å². The minimum atomic E-state index is 0.764. The van der Waals surface area contributed by atoms with E-state index >= 15 is 0 Å². The van der Waals surface area contributed by atoms with E-state index in [-0.39, 0.29) is 0 Å². The van der Waals surface area contributed by atoms with Crippen LogP contribution in [0.5, 0.6) is 0 Å². The van der Waals surface area contributed by atoms with Gasteiger partial charge < -0.3 is 10.2 Å². The minimum absolute atomic E-state index is 0.764. The Balaban J connectivity index is 2.34. The molecule has 1 aliphatic heterocycles. The van der Waals surface area contributed by atoms with E-state index < -0.39 is 0 Å². The lowest BCUT2D eigenvalue weighted by Crippen LogP contribution is -2.43. The SMILES string of the molecule is C/C=C/c1ccc(C#N)c(N2CCNCC2)c1. The number of hydrogen-bond acceptors (Lipinski definition) is 3. The van der Waals surface area contributed by atoms with E-state index in [2.05, 4.69) is 28.4 Å². The summed E-state index contributed by atoms with van der Waals surface area (Å²) in [5, 5.41) is 12.5. The molecule has 1 saturated heterocycles. The van der Waals surface area contributed by atoms with Gasteiger partial charge in [-0.05, 0) is 24.6 Å². The van der Waals surface area contributed by atoms with Gasteiger partial charge >= 0.3 is 0 Å². The average Bonchev–Trinajstić information content (AvgIpc) is 2.40. The van der Waals surface area contributed by atoms with Gasteiger partial charge in [-0.1, -0.05) is 18.2 Å². The second kappa shape index (κ2) is 5.51. The van der Waals surface area contributed by atoms with Gasteiger partial charge in [-0.2, -0.15) is 5.26 Å². The van der Waals surface area contributed by atoms with Gasteiger partial charge in [0.1, 0.15) is 6.07 Å². The summed E-state index contributed by atoms with van der Waals surface area (Å²) in [5.74, 6) is 0. The van der Waals surface area contributed by atoms with Crippen molar-refractivity contribution < 1.29 is 0 Å². The van der Waals surface area contributed by atoms with Gasteiger partial charge in [0.15, 0.2) is 0 Å². The van der Waals surface area contributed by atoms with Crippen LogP contribution in [0, 0.1) is 11.3 Å². The fourth-order valence-corrected chi connectivity index (χ4v) is 2.11. The molecule has 1 aromatic carbocycles. The second-order valence-electron chi connectivity index (χ2n) is 4.13. The average molecular weight is 227 g/mol. The minimum Gasteiger partial charge on any atom is -0.368 e. The van der Waals surface area contributed by atoms with Crippen LogP contribution in [0.2, 0.25) is 0 Å². The van der Waals surface area contributed by atoms with Crippen molar-refractivity contribution in [2.45, 2.75) is 6.92 Å². The molecule has 2 rings (SSSR count). The molecule has 0 unspecified atom stereocenters. The zero-order valence-electron chi connectivity index (χ0n) is 10.1. The fourth-order valence-electron chi connectivity index (χ4n) is 2.11. The molecule has 0 atom stereocenters. The monoisotopic (exact) mass is 227 g/mol. The van der Waals surface area contributed by atoms with Crippen molar-refractivity contribution in [2.75, 3.05) is 31.1 Å². The molecule has 1 N–H and O–H groups in total. The Morgan fingerprint density at radius 2 is 2.12 bits per heavy atom. The molecular weight excluding hydrogens is 210 g/mol. The van der Waals surface area contributed by atoms with Crippen LogP contribution >= 0.6 is 0 Å². The van der Waals surface area contributed by atoms with Gasteiger partial charge in [0.2, 0.25) is 0 Å². The summed E-state index contributed by atoms with van der Waals surface area (Å²) in [6.45, 7) is 5.90. The van der Waals surface area contributed by atoms with E-state index in [0.717, 1.165) is 43.0 Å². The van der Waals surface area contributed by atoms with Gasteiger partial charge in [-0.25, -0.2) is 0 Å². The summed E-state index contributed by atoms with van der Waals surface area (Å²) in [5.41, 5.74) is 2.98. The molecule has 17 heavy (non-hydrogen) atoms. The molecule has 0 radical (unpaired) electrons. The molecule has 3 nitrogen and oxygen atoms in total. The Kier molecular flexibility index (Phi) is 3.79. The van der Waals surface area contributed by atoms with Crippen LogP contribution in [-0.2, 0) is 0 Å². The number of rotatable bonds is 2. The molecule has 0 bridgehead atoms. The molecule has 0 saturated carbocycles. The lowest BCUT2D eigenvalue weighted by Gasteiger charge is -2.30. The zero-order valence-corrected chi connectivity index (χ0v) is 10.1. The Morgan fingerprint density at radius 1 is 1.35 bits per heavy atom. The molecule has 0 amide bonds. The van der Waals surface area contributed by atoms with Gasteiger partial charge in [-0.3, -0.25) is 0 Å². The molecule has 1 aromatic rings. The predicted octanol–water partition coefficient (Wildman–Crippen LogP) is 2.00. The maximum atomic E-state index is 9.16. The maximum absolute atomic E-state index is 9.16. The third-order valence-corrected chi connectivity index (χ3v) is 2.96. The van der Waals surface area contributed by atoms with E-state index in [1.807, 2.05) is 25.1 Å². The Bertz CT molecular complexity index is 451. The van der Waals surface area contributed by atoms with Crippen LogP contribution < -0.4 is 10.2 Å². The molecule has 0 aliphatic carbocycles. The number of anilines is 1. The van der Waals surface area contributed by atoms with Crippen molar-refractivity contribution in [2.24, 2.45) is 0 Å². The lowest BCUT2D eigenvalue weighted by molar-refractivity contribution is 0.589.